The van der Waals surface area contributed by atoms with Crippen molar-refractivity contribution in [2.24, 2.45) is 10.8 Å². The van der Waals surface area contributed by atoms with E-state index in [-0.39, 0.29) is 0 Å². The van der Waals surface area contributed by atoms with E-state index in [9.17, 15) is 0 Å². The van der Waals surface area contributed by atoms with Gasteiger partial charge in [-0.3, -0.25) is 0 Å². The molecule has 1 aliphatic rings. The Morgan fingerprint density at radius 2 is 1.79 bits per heavy atom. The second kappa shape index (κ2) is 4.08. The summed E-state index contributed by atoms with van der Waals surface area (Å²) in [5.41, 5.74) is 2.57. The van der Waals surface area contributed by atoms with Crippen molar-refractivity contribution in [3.63, 3.8) is 0 Å². The lowest BCUT2D eigenvalue weighted by atomic mass is 9.65. The van der Waals surface area contributed by atoms with Crippen LogP contribution in [0.25, 0.3) is 0 Å². The van der Waals surface area contributed by atoms with Gasteiger partial charge in [0.15, 0.2) is 0 Å². The first-order valence-electron chi connectivity index (χ1n) is 6.04. The van der Waals surface area contributed by atoms with Crippen LogP contribution in [0.3, 0.4) is 0 Å². The van der Waals surface area contributed by atoms with Crippen LogP contribution in [0.1, 0.15) is 66.2 Å². The third-order valence-corrected chi connectivity index (χ3v) is 4.03. The second-order valence-electron chi connectivity index (χ2n) is 6.26. The summed E-state index contributed by atoms with van der Waals surface area (Å²) in [6.07, 6.45) is 7.91. The Hall–Kier alpha value is -0.260. The highest BCUT2D eigenvalue weighted by Gasteiger charge is 2.33. The van der Waals surface area contributed by atoms with E-state index in [1.165, 1.54) is 44.1 Å². The van der Waals surface area contributed by atoms with Gasteiger partial charge in [-0.1, -0.05) is 46.3 Å². The number of hydrogen-bond acceptors (Lipinski definition) is 0. The van der Waals surface area contributed by atoms with Gasteiger partial charge in [0.25, 0.3) is 0 Å². The summed E-state index contributed by atoms with van der Waals surface area (Å²) < 4.78 is 0. The Balaban J connectivity index is 2.54. The SMILES string of the molecule is C=C1CCC(C)(CC(C)(C)CC)CC1. The fourth-order valence-corrected chi connectivity index (χ4v) is 2.66. The van der Waals surface area contributed by atoms with Gasteiger partial charge in [-0.2, -0.15) is 0 Å². The Morgan fingerprint density at radius 1 is 1.29 bits per heavy atom. The van der Waals surface area contributed by atoms with Crippen LogP contribution in [0, 0.1) is 10.8 Å². The van der Waals surface area contributed by atoms with Crippen LogP contribution in [-0.2, 0) is 0 Å². The van der Waals surface area contributed by atoms with E-state index >= 15 is 0 Å². The van der Waals surface area contributed by atoms with Crippen molar-refractivity contribution in [1.82, 2.24) is 0 Å². The summed E-state index contributed by atoms with van der Waals surface area (Å²) in [6.45, 7) is 13.7. The maximum atomic E-state index is 4.10. The molecule has 14 heavy (non-hydrogen) atoms. The molecule has 82 valence electrons. The maximum Gasteiger partial charge on any atom is -0.0315 e. The smallest absolute Gasteiger partial charge is 0.0315 e. The Morgan fingerprint density at radius 3 is 2.21 bits per heavy atom. The highest BCUT2D eigenvalue weighted by molar-refractivity contribution is 5.02. The monoisotopic (exact) mass is 194 g/mol. The van der Waals surface area contributed by atoms with Crippen molar-refractivity contribution in [2.75, 3.05) is 0 Å². The predicted molar refractivity (Wildman–Crippen MR) is 64.4 cm³/mol. The molecule has 0 aromatic heterocycles. The molecule has 1 fully saturated rings. The molecule has 0 atom stereocenters. The van der Waals surface area contributed by atoms with E-state index in [2.05, 4.69) is 34.3 Å². The zero-order chi connectivity index (χ0) is 10.8. The average molecular weight is 194 g/mol. The Labute approximate surface area is 89.8 Å². The third-order valence-electron chi connectivity index (χ3n) is 4.03. The van der Waals surface area contributed by atoms with Crippen LogP contribution in [-0.4, -0.2) is 0 Å². The molecule has 0 amide bonds. The van der Waals surface area contributed by atoms with E-state index in [0.717, 1.165) is 0 Å². The minimum Gasteiger partial charge on any atom is -0.0999 e. The van der Waals surface area contributed by atoms with Gasteiger partial charge in [-0.25, -0.2) is 0 Å². The molecule has 0 bridgehead atoms. The van der Waals surface area contributed by atoms with Crippen molar-refractivity contribution in [2.45, 2.75) is 66.2 Å². The minimum absolute atomic E-state index is 0.521. The quantitative estimate of drug-likeness (QED) is 0.558. The lowest BCUT2D eigenvalue weighted by Gasteiger charge is -2.40. The van der Waals surface area contributed by atoms with Gasteiger partial charge in [0.2, 0.25) is 0 Å². The summed E-state index contributed by atoms with van der Waals surface area (Å²) in [4.78, 5) is 0. The normalized spacial score (nSPS) is 22.4. The molecule has 0 N–H and O–H groups in total. The highest BCUT2D eigenvalue weighted by atomic mass is 14.4. The molecule has 0 nitrogen and oxygen atoms in total. The van der Waals surface area contributed by atoms with Crippen molar-refractivity contribution < 1.29 is 0 Å². The first-order valence-corrected chi connectivity index (χ1v) is 6.04. The lowest BCUT2D eigenvalue weighted by molar-refractivity contribution is 0.135. The average Bonchev–Trinajstić information content (AvgIpc) is 2.10. The van der Waals surface area contributed by atoms with Crippen LogP contribution >= 0.6 is 0 Å². The van der Waals surface area contributed by atoms with Crippen molar-refractivity contribution >= 4 is 0 Å². The van der Waals surface area contributed by atoms with Crippen molar-refractivity contribution in [1.29, 1.82) is 0 Å². The molecule has 0 heterocycles. The second-order valence-corrected chi connectivity index (χ2v) is 6.26. The molecule has 1 rings (SSSR count). The van der Waals surface area contributed by atoms with Gasteiger partial charge in [-0.05, 0) is 42.9 Å². The van der Waals surface area contributed by atoms with E-state index in [1.807, 2.05) is 0 Å². The topological polar surface area (TPSA) is 0 Å². The number of rotatable bonds is 3. The summed E-state index contributed by atoms with van der Waals surface area (Å²) in [5.74, 6) is 0. The van der Waals surface area contributed by atoms with Crippen molar-refractivity contribution in [3.05, 3.63) is 12.2 Å². The van der Waals surface area contributed by atoms with Crippen LogP contribution < -0.4 is 0 Å². The summed E-state index contributed by atoms with van der Waals surface area (Å²) in [5, 5.41) is 0. The molecule has 1 aliphatic carbocycles. The summed E-state index contributed by atoms with van der Waals surface area (Å²) >= 11 is 0. The van der Waals surface area contributed by atoms with Gasteiger partial charge in [-0.15, -0.1) is 0 Å². The molecule has 0 aliphatic heterocycles. The summed E-state index contributed by atoms with van der Waals surface area (Å²) in [6, 6.07) is 0. The van der Waals surface area contributed by atoms with E-state index in [1.54, 1.807) is 0 Å². The van der Waals surface area contributed by atoms with Crippen LogP contribution in [0.4, 0.5) is 0 Å². The van der Waals surface area contributed by atoms with Gasteiger partial charge in [0, 0.05) is 0 Å². The maximum absolute atomic E-state index is 4.10. The molecule has 0 spiro atoms. The molecule has 0 aromatic carbocycles. The molecular weight excluding hydrogens is 168 g/mol. The predicted octanol–water partition coefficient (Wildman–Crippen LogP) is 4.95. The highest BCUT2D eigenvalue weighted by Crippen LogP contribution is 2.46. The van der Waals surface area contributed by atoms with E-state index in [0.29, 0.717) is 10.8 Å². The van der Waals surface area contributed by atoms with Gasteiger partial charge in [0.1, 0.15) is 0 Å². The van der Waals surface area contributed by atoms with Crippen molar-refractivity contribution in [3.8, 4) is 0 Å². The van der Waals surface area contributed by atoms with Crippen LogP contribution in [0.5, 0.6) is 0 Å². The minimum atomic E-state index is 0.521. The third kappa shape index (κ3) is 3.15. The van der Waals surface area contributed by atoms with Gasteiger partial charge in [0.05, 0.1) is 0 Å². The van der Waals surface area contributed by atoms with Gasteiger partial charge >= 0.3 is 0 Å². The molecule has 0 heteroatoms. The molecule has 0 aromatic rings. The molecule has 0 saturated heterocycles. The van der Waals surface area contributed by atoms with E-state index < -0.39 is 0 Å². The van der Waals surface area contributed by atoms with Gasteiger partial charge < -0.3 is 0 Å². The standard InChI is InChI=1S/C14H26/c1-6-13(3,4)11-14(5)9-7-12(2)8-10-14/h2,6-11H2,1,3-5H3. The zero-order valence-electron chi connectivity index (χ0n) is 10.4. The fraction of sp³-hybridized carbons (Fsp3) is 0.857. The first-order chi connectivity index (χ1) is 6.37. The molecule has 0 unspecified atom stereocenters. The number of allylic oxidation sites excluding steroid dienone is 1. The first kappa shape index (κ1) is 11.8. The largest absolute Gasteiger partial charge is 0.0999 e. The van der Waals surface area contributed by atoms with Crippen LogP contribution in [0.15, 0.2) is 12.2 Å². The summed E-state index contributed by atoms with van der Waals surface area (Å²) in [7, 11) is 0. The molecule has 1 saturated carbocycles. The van der Waals surface area contributed by atoms with Crippen LogP contribution in [0.2, 0.25) is 0 Å². The number of hydrogen-bond donors (Lipinski definition) is 0. The fourth-order valence-electron chi connectivity index (χ4n) is 2.66. The Kier molecular flexibility index (Phi) is 3.44. The zero-order valence-corrected chi connectivity index (χ0v) is 10.4. The molecular formula is C14H26. The lowest BCUT2D eigenvalue weighted by Crippen LogP contribution is -2.28. The molecule has 0 radical (unpaired) electrons. The Bertz CT molecular complexity index is 200. The van der Waals surface area contributed by atoms with E-state index in [4.69, 9.17) is 0 Å².